The number of ether oxygens (including phenoxy) is 1. The van der Waals surface area contributed by atoms with Crippen LogP contribution in [-0.4, -0.2) is 45.2 Å². The van der Waals surface area contributed by atoms with E-state index < -0.39 is 5.54 Å². The van der Waals surface area contributed by atoms with Gasteiger partial charge in [-0.1, -0.05) is 37.5 Å². The first-order chi connectivity index (χ1) is 16.5. The summed E-state index contributed by atoms with van der Waals surface area (Å²) in [6, 6.07) is 13.6. The van der Waals surface area contributed by atoms with Gasteiger partial charge in [0.2, 0.25) is 5.91 Å². The predicted octanol–water partition coefficient (Wildman–Crippen LogP) is 4.48. The molecule has 0 bridgehead atoms. The van der Waals surface area contributed by atoms with Crippen molar-refractivity contribution in [2.24, 2.45) is 0 Å². The second-order valence-electron chi connectivity index (χ2n) is 9.37. The van der Waals surface area contributed by atoms with Crippen LogP contribution < -0.4 is 10.1 Å². The summed E-state index contributed by atoms with van der Waals surface area (Å²) in [4.78, 5) is 30.3. The van der Waals surface area contributed by atoms with Crippen LogP contribution in [0.25, 0.3) is 10.6 Å². The minimum atomic E-state index is -1.07. The molecule has 1 atom stereocenters. The Morgan fingerprint density at radius 1 is 1.21 bits per heavy atom. The second kappa shape index (κ2) is 9.25. The number of rotatable bonds is 6. The first-order valence-corrected chi connectivity index (χ1v) is 12.7. The molecule has 0 radical (unpaired) electrons. The Labute approximate surface area is 203 Å². The normalized spacial score (nSPS) is 20.8. The zero-order valence-electron chi connectivity index (χ0n) is 19.6. The molecular weight excluding hydrogens is 448 g/mol. The van der Waals surface area contributed by atoms with Crippen LogP contribution in [0.1, 0.15) is 55.1 Å². The zero-order chi connectivity index (χ0) is 23.7. The number of fused-ring (bicyclic) bond motifs is 1. The van der Waals surface area contributed by atoms with Crippen LogP contribution in [-0.2, 0) is 17.9 Å². The average Bonchev–Trinajstić information content (AvgIpc) is 3.53. The van der Waals surface area contributed by atoms with Gasteiger partial charge in [-0.25, -0.2) is 0 Å². The maximum absolute atomic E-state index is 13.8. The zero-order valence-corrected chi connectivity index (χ0v) is 20.4. The third-order valence-corrected chi connectivity index (χ3v) is 7.87. The van der Waals surface area contributed by atoms with Gasteiger partial charge in [0, 0.05) is 12.6 Å². The number of aromatic nitrogens is 2. The van der Waals surface area contributed by atoms with Gasteiger partial charge in [-0.2, -0.15) is 5.10 Å². The number of carbonyl (C=O) groups excluding carboxylic acids is 2. The highest BCUT2D eigenvalue weighted by Crippen LogP contribution is 2.33. The van der Waals surface area contributed by atoms with E-state index in [-0.39, 0.29) is 17.9 Å². The van der Waals surface area contributed by atoms with Crippen LogP contribution in [0.5, 0.6) is 5.75 Å². The van der Waals surface area contributed by atoms with Crippen molar-refractivity contribution in [2.45, 2.75) is 63.7 Å². The number of hydrogen-bond donors (Lipinski definition) is 1. The van der Waals surface area contributed by atoms with E-state index in [0.29, 0.717) is 18.8 Å². The molecule has 0 saturated heterocycles. The monoisotopic (exact) mass is 478 g/mol. The standard InChI is InChI=1S/C26H30N4O3S/c1-26(25(32)27-19-9-4-3-5-10-19)17-30-22(15-21(28-30)23-12-7-13-34-23)24(31)29(26)16-18-8-6-11-20(14-18)33-2/h6-8,11-15,19H,3-5,9-10,16-17H2,1-2H3,(H,27,32)/t26-/m0/s1. The molecule has 3 aromatic rings. The van der Waals surface area contributed by atoms with Gasteiger partial charge in [0.1, 0.15) is 22.7 Å². The molecule has 178 valence electrons. The highest BCUT2D eigenvalue weighted by molar-refractivity contribution is 7.13. The summed E-state index contributed by atoms with van der Waals surface area (Å²) in [5.41, 5.74) is 1.12. The van der Waals surface area contributed by atoms with Crippen molar-refractivity contribution in [3.05, 3.63) is 59.1 Å². The van der Waals surface area contributed by atoms with E-state index in [4.69, 9.17) is 9.84 Å². The summed E-state index contributed by atoms with van der Waals surface area (Å²) >= 11 is 1.58. The molecular formula is C26H30N4O3S. The van der Waals surface area contributed by atoms with Gasteiger partial charge in [-0.05, 0) is 55.0 Å². The van der Waals surface area contributed by atoms with Gasteiger partial charge in [0.25, 0.3) is 5.91 Å². The maximum atomic E-state index is 13.8. The lowest BCUT2D eigenvalue weighted by Crippen LogP contribution is -2.64. The Kier molecular flexibility index (Phi) is 6.16. The lowest BCUT2D eigenvalue weighted by molar-refractivity contribution is -0.134. The molecule has 8 heteroatoms. The fourth-order valence-electron chi connectivity index (χ4n) is 4.98. The summed E-state index contributed by atoms with van der Waals surface area (Å²) < 4.78 is 7.08. The molecule has 0 spiro atoms. The maximum Gasteiger partial charge on any atom is 0.273 e. The van der Waals surface area contributed by atoms with Gasteiger partial charge in [-0.3, -0.25) is 14.3 Å². The Morgan fingerprint density at radius 2 is 2.03 bits per heavy atom. The SMILES string of the molecule is COc1cccc(CN2C(=O)c3cc(-c4cccs4)nn3C[C@@]2(C)C(=O)NC2CCCCC2)c1. The fourth-order valence-corrected chi connectivity index (χ4v) is 5.66. The number of amides is 2. The number of nitrogens with zero attached hydrogens (tertiary/aromatic N) is 3. The first-order valence-electron chi connectivity index (χ1n) is 11.9. The fraction of sp³-hybridized carbons (Fsp3) is 0.423. The highest BCUT2D eigenvalue weighted by atomic mass is 32.1. The third kappa shape index (κ3) is 4.22. The lowest BCUT2D eigenvalue weighted by atomic mass is 9.91. The van der Waals surface area contributed by atoms with Gasteiger partial charge in [-0.15, -0.1) is 11.3 Å². The van der Waals surface area contributed by atoms with Crippen LogP contribution in [0.15, 0.2) is 47.8 Å². The lowest BCUT2D eigenvalue weighted by Gasteiger charge is -2.44. The molecule has 1 aromatic carbocycles. The summed E-state index contributed by atoms with van der Waals surface area (Å²) in [7, 11) is 1.62. The molecule has 2 aliphatic rings. The second-order valence-corrected chi connectivity index (χ2v) is 10.3. The summed E-state index contributed by atoms with van der Waals surface area (Å²) in [6.07, 6.45) is 5.44. The van der Waals surface area contributed by atoms with E-state index in [9.17, 15) is 9.59 Å². The smallest absolute Gasteiger partial charge is 0.273 e. The quantitative estimate of drug-likeness (QED) is 0.567. The summed E-state index contributed by atoms with van der Waals surface area (Å²) in [5, 5.41) is 9.97. The van der Waals surface area contributed by atoms with E-state index in [1.807, 2.05) is 54.8 Å². The number of thiophene rings is 1. The van der Waals surface area contributed by atoms with Crippen LogP contribution >= 0.6 is 11.3 Å². The largest absolute Gasteiger partial charge is 0.497 e. The van der Waals surface area contributed by atoms with E-state index in [2.05, 4.69) is 5.32 Å². The Hall–Kier alpha value is -3.13. The van der Waals surface area contributed by atoms with Gasteiger partial charge >= 0.3 is 0 Å². The summed E-state index contributed by atoms with van der Waals surface area (Å²) in [6.45, 7) is 2.48. The van der Waals surface area contributed by atoms with Gasteiger partial charge in [0.15, 0.2) is 0 Å². The average molecular weight is 479 g/mol. The minimum absolute atomic E-state index is 0.116. The van der Waals surface area contributed by atoms with Gasteiger partial charge in [0.05, 0.1) is 18.5 Å². The molecule has 1 fully saturated rings. The van der Waals surface area contributed by atoms with Crippen LogP contribution in [0.2, 0.25) is 0 Å². The van der Waals surface area contributed by atoms with Gasteiger partial charge < -0.3 is 15.0 Å². The Bertz CT molecular complexity index is 1180. The van der Waals surface area contributed by atoms with E-state index in [1.165, 1.54) is 6.42 Å². The van der Waals surface area contributed by atoms with Crippen LogP contribution in [0.3, 0.4) is 0 Å². The van der Waals surface area contributed by atoms with Crippen molar-refractivity contribution in [1.29, 1.82) is 0 Å². The molecule has 34 heavy (non-hydrogen) atoms. The number of methoxy groups -OCH3 is 1. The van der Waals surface area contributed by atoms with Crippen molar-refractivity contribution in [1.82, 2.24) is 20.0 Å². The molecule has 1 saturated carbocycles. The minimum Gasteiger partial charge on any atom is -0.497 e. The third-order valence-electron chi connectivity index (χ3n) is 6.98. The molecule has 5 rings (SSSR count). The number of nitrogens with one attached hydrogen (secondary N) is 1. The van der Waals surface area contributed by atoms with Crippen molar-refractivity contribution >= 4 is 23.2 Å². The predicted molar refractivity (Wildman–Crippen MR) is 132 cm³/mol. The molecule has 2 aromatic heterocycles. The number of hydrogen-bond acceptors (Lipinski definition) is 5. The molecule has 0 unspecified atom stereocenters. The molecule has 1 aliphatic carbocycles. The number of carbonyl (C=O) groups is 2. The number of benzene rings is 1. The Morgan fingerprint density at radius 3 is 2.76 bits per heavy atom. The van der Waals surface area contributed by atoms with Crippen molar-refractivity contribution in [3.63, 3.8) is 0 Å². The topological polar surface area (TPSA) is 76.5 Å². The molecule has 3 heterocycles. The first kappa shape index (κ1) is 22.7. The van der Waals surface area contributed by atoms with E-state index in [0.717, 1.165) is 47.6 Å². The molecule has 1 aliphatic heterocycles. The highest BCUT2D eigenvalue weighted by Gasteiger charge is 2.48. The van der Waals surface area contributed by atoms with Crippen LogP contribution in [0, 0.1) is 0 Å². The molecule has 7 nitrogen and oxygen atoms in total. The van der Waals surface area contributed by atoms with Crippen molar-refractivity contribution < 1.29 is 14.3 Å². The van der Waals surface area contributed by atoms with E-state index in [1.54, 1.807) is 28.0 Å². The van der Waals surface area contributed by atoms with Crippen molar-refractivity contribution in [3.8, 4) is 16.3 Å². The van der Waals surface area contributed by atoms with Crippen molar-refractivity contribution in [2.75, 3.05) is 7.11 Å². The molecule has 2 amide bonds. The Balaban J connectivity index is 1.50. The van der Waals surface area contributed by atoms with Crippen LogP contribution in [0.4, 0.5) is 0 Å². The van der Waals surface area contributed by atoms with E-state index >= 15 is 0 Å². The summed E-state index contributed by atoms with van der Waals surface area (Å²) in [5.74, 6) is 0.417. The molecule has 1 N–H and O–H groups in total.